The summed E-state index contributed by atoms with van der Waals surface area (Å²) in [6, 6.07) is 25.0. The van der Waals surface area contributed by atoms with E-state index in [9.17, 15) is 4.79 Å². The van der Waals surface area contributed by atoms with Crippen LogP contribution in [0.3, 0.4) is 0 Å². The number of benzene rings is 3. The predicted octanol–water partition coefficient (Wildman–Crippen LogP) is 5.22. The summed E-state index contributed by atoms with van der Waals surface area (Å²) < 4.78 is 0. The summed E-state index contributed by atoms with van der Waals surface area (Å²) in [5.41, 5.74) is 2.31. The van der Waals surface area contributed by atoms with E-state index in [-0.39, 0.29) is 5.91 Å². The van der Waals surface area contributed by atoms with E-state index >= 15 is 0 Å². The smallest absolute Gasteiger partial charge is 0.226 e. The molecular formula is C22H23NO. The normalized spacial score (nSPS) is 10.7. The van der Waals surface area contributed by atoms with Crippen molar-refractivity contribution in [3.05, 3.63) is 78.4 Å². The van der Waals surface area contributed by atoms with Gasteiger partial charge in [-0.2, -0.15) is 0 Å². The van der Waals surface area contributed by atoms with E-state index in [0.29, 0.717) is 6.42 Å². The Morgan fingerprint density at radius 2 is 1.58 bits per heavy atom. The molecule has 0 unspecified atom stereocenters. The van der Waals surface area contributed by atoms with Gasteiger partial charge < -0.3 is 4.90 Å². The number of anilines is 1. The summed E-state index contributed by atoms with van der Waals surface area (Å²) in [7, 11) is 0. The van der Waals surface area contributed by atoms with Gasteiger partial charge in [0.05, 0.1) is 0 Å². The molecular weight excluding hydrogens is 294 g/mol. The summed E-state index contributed by atoms with van der Waals surface area (Å²) in [5, 5.41) is 2.38. The van der Waals surface area contributed by atoms with Crippen molar-refractivity contribution in [1.29, 1.82) is 0 Å². The van der Waals surface area contributed by atoms with Crippen LogP contribution in [-0.2, 0) is 11.2 Å². The molecule has 24 heavy (non-hydrogen) atoms. The highest BCUT2D eigenvalue weighted by molar-refractivity contribution is 5.96. The fourth-order valence-corrected chi connectivity index (χ4v) is 3.02. The van der Waals surface area contributed by atoms with Crippen LogP contribution in [0.2, 0.25) is 0 Å². The molecule has 0 heterocycles. The number of carbonyl (C=O) groups excluding carboxylic acids is 1. The third-order valence-corrected chi connectivity index (χ3v) is 4.34. The van der Waals surface area contributed by atoms with E-state index in [4.69, 9.17) is 0 Å². The Morgan fingerprint density at radius 1 is 0.875 bits per heavy atom. The second kappa shape index (κ2) is 7.78. The molecule has 0 fully saturated rings. The van der Waals surface area contributed by atoms with Crippen LogP contribution in [0.4, 0.5) is 5.69 Å². The van der Waals surface area contributed by atoms with E-state index in [2.05, 4.69) is 54.6 Å². The first-order chi connectivity index (χ1) is 11.8. The molecule has 0 radical (unpaired) electrons. The molecule has 0 aliphatic rings. The monoisotopic (exact) mass is 317 g/mol. The fraction of sp³-hybridized carbons (Fsp3) is 0.227. The van der Waals surface area contributed by atoms with Crippen molar-refractivity contribution in [1.82, 2.24) is 0 Å². The SMILES string of the molecule is CCC(=O)N(CCCc1ccccc1)c1ccc2ccccc2c1. The summed E-state index contributed by atoms with van der Waals surface area (Å²) in [6.45, 7) is 2.67. The van der Waals surface area contributed by atoms with Gasteiger partial charge in [-0.15, -0.1) is 0 Å². The lowest BCUT2D eigenvalue weighted by Gasteiger charge is -2.23. The van der Waals surface area contributed by atoms with Crippen LogP contribution in [0, 0.1) is 0 Å². The molecule has 2 heteroatoms. The van der Waals surface area contributed by atoms with Gasteiger partial charge in [-0.1, -0.05) is 67.6 Å². The Morgan fingerprint density at radius 3 is 2.33 bits per heavy atom. The van der Waals surface area contributed by atoms with Gasteiger partial charge in [0.15, 0.2) is 0 Å². The highest BCUT2D eigenvalue weighted by atomic mass is 16.2. The molecule has 0 atom stereocenters. The molecule has 0 aliphatic carbocycles. The molecule has 0 aliphatic heterocycles. The van der Waals surface area contributed by atoms with Crippen LogP contribution in [0.25, 0.3) is 10.8 Å². The Balaban J connectivity index is 1.76. The minimum atomic E-state index is 0.179. The molecule has 0 spiro atoms. The van der Waals surface area contributed by atoms with Crippen molar-refractivity contribution in [2.24, 2.45) is 0 Å². The second-order valence-corrected chi connectivity index (χ2v) is 6.02. The number of aryl methyl sites for hydroxylation is 1. The van der Waals surface area contributed by atoms with Crippen LogP contribution in [0.5, 0.6) is 0 Å². The third-order valence-electron chi connectivity index (χ3n) is 4.34. The lowest BCUT2D eigenvalue weighted by atomic mass is 10.1. The summed E-state index contributed by atoms with van der Waals surface area (Å²) in [4.78, 5) is 14.3. The number of fused-ring (bicyclic) bond motifs is 1. The zero-order valence-electron chi connectivity index (χ0n) is 14.1. The van der Waals surface area contributed by atoms with Crippen molar-refractivity contribution >= 4 is 22.4 Å². The van der Waals surface area contributed by atoms with Crippen molar-refractivity contribution in [3.63, 3.8) is 0 Å². The van der Waals surface area contributed by atoms with Gasteiger partial charge in [0.2, 0.25) is 5.91 Å². The first-order valence-corrected chi connectivity index (χ1v) is 8.61. The van der Waals surface area contributed by atoms with Crippen molar-refractivity contribution in [2.45, 2.75) is 26.2 Å². The second-order valence-electron chi connectivity index (χ2n) is 6.02. The maximum Gasteiger partial charge on any atom is 0.226 e. The zero-order valence-corrected chi connectivity index (χ0v) is 14.1. The van der Waals surface area contributed by atoms with E-state index in [1.807, 2.05) is 30.0 Å². The molecule has 0 bridgehead atoms. The molecule has 2 nitrogen and oxygen atoms in total. The van der Waals surface area contributed by atoms with Gasteiger partial charge in [-0.3, -0.25) is 4.79 Å². The molecule has 0 N–H and O–H groups in total. The van der Waals surface area contributed by atoms with Crippen LogP contribution in [-0.4, -0.2) is 12.5 Å². The number of hydrogen-bond donors (Lipinski definition) is 0. The van der Waals surface area contributed by atoms with Crippen LogP contribution < -0.4 is 4.90 Å². The third kappa shape index (κ3) is 3.83. The molecule has 0 aromatic heterocycles. The number of amides is 1. The molecule has 3 rings (SSSR count). The number of rotatable bonds is 6. The number of hydrogen-bond acceptors (Lipinski definition) is 1. The van der Waals surface area contributed by atoms with E-state index in [0.717, 1.165) is 25.1 Å². The fourth-order valence-electron chi connectivity index (χ4n) is 3.02. The molecule has 3 aromatic carbocycles. The number of carbonyl (C=O) groups is 1. The van der Waals surface area contributed by atoms with Gasteiger partial charge >= 0.3 is 0 Å². The molecule has 0 saturated heterocycles. The minimum absolute atomic E-state index is 0.179. The summed E-state index contributed by atoms with van der Waals surface area (Å²) in [5.74, 6) is 0.179. The van der Waals surface area contributed by atoms with Crippen molar-refractivity contribution in [3.8, 4) is 0 Å². The van der Waals surface area contributed by atoms with Gasteiger partial charge in [0, 0.05) is 18.7 Å². The highest BCUT2D eigenvalue weighted by Gasteiger charge is 2.14. The first-order valence-electron chi connectivity index (χ1n) is 8.61. The van der Waals surface area contributed by atoms with Gasteiger partial charge in [0.25, 0.3) is 0 Å². The zero-order chi connectivity index (χ0) is 16.8. The average molecular weight is 317 g/mol. The van der Waals surface area contributed by atoms with Crippen LogP contribution in [0.15, 0.2) is 72.8 Å². The number of nitrogens with zero attached hydrogens (tertiary/aromatic N) is 1. The largest absolute Gasteiger partial charge is 0.312 e. The molecule has 0 saturated carbocycles. The maximum absolute atomic E-state index is 12.4. The summed E-state index contributed by atoms with van der Waals surface area (Å²) >= 11 is 0. The standard InChI is InChI=1S/C22H23NO/c1-2-22(24)23(16-8-11-18-9-4-3-5-10-18)21-15-14-19-12-6-7-13-20(19)17-21/h3-7,9-10,12-15,17H,2,8,11,16H2,1H3. The van der Waals surface area contributed by atoms with Crippen molar-refractivity contribution < 1.29 is 4.79 Å². The topological polar surface area (TPSA) is 20.3 Å². The first kappa shape index (κ1) is 16.3. The van der Waals surface area contributed by atoms with Gasteiger partial charge in [-0.05, 0) is 41.3 Å². The Kier molecular flexibility index (Phi) is 5.27. The maximum atomic E-state index is 12.4. The highest BCUT2D eigenvalue weighted by Crippen LogP contribution is 2.23. The quantitative estimate of drug-likeness (QED) is 0.610. The Labute approximate surface area is 143 Å². The molecule has 3 aromatic rings. The van der Waals surface area contributed by atoms with Crippen LogP contribution >= 0.6 is 0 Å². The van der Waals surface area contributed by atoms with Crippen molar-refractivity contribution in [2.75, 3.05) is 11.4 Å². The Bertz CT molecular complexity index is 810. The average Bonchev–Trinajstić information content (AvgIpc) is 2.65. The van der Waals surface area contributed by atoms with Crippen LogP contribution in [0.1, 0.15) is 25.3 Å². The van der Waals surface area contributed by atoms with E-state index in [1.54, 1.807) is 0 Å². The lowest BCUT2D eigenvalue weighted by molar-refractivity contribution is -0.118. The predicted molar refractivity (Wildman–Crippen MR) is 101 cm³/mol. The summed E-state index contributed by atoms with van der Waals surface area (Å²) in [6.07, 6.45) is 2.47. The minimum Gasteiger partial charge on any atom is -0.312 e. The Hall–Kier alpha value is -2.61. The lowest BCUT2D eigenvalue weighted by Crippen LogP contribution is -2.31. The van der Waals surface area contributed by atoms with E-state index in [1.165, 1.54) is 16.3 Å². The van der Waals surface area contributed by atoms with Gasteiger partial charge in [0.1, 0.15) is 0 Å². The molecule has 122 valence electrons. The van der Waals surface area contributed by atoms with Gasteiger partial charge in [-0.25, -0.2) is 0 Å². The molecule has 1 amide bonds. The van der Waals surface area contributed by atoms with E-state index < -0.39 is 0 Å².